The molecule has 0 radical (unpaired) electrons. The highest BCUT2D eigenvalue weighted by Gasteiger charge is 2.13. The van der Waals surface area contributed by atoms with Gasteiger partial charge in [0.15, 0.2) is 0 Å². The molecule has 0 spiro atoms. The third kappa shape index (κ3) is 3.95. The lowest BCUT2D eigenvalue weighted by Gasteiger charge is -2.19. The Hall–Kier alpha value is -1.60. The van der Waals surface area contributed by atoms with Gasteiger partial charge in [-0.05, 0) is 41.1 Å². The van der Waals surface area contributed by atoms with Gasteiger partial charge in [-0.2, -0.15) is 0 Å². The van der Waals surface area contributed by atoms with Crippen LogP contribution in [0.3, 0.4) is 0 Å². The van der Waals surface area contributed by atoms with E-state index >= 15 is 0 Å². The molecule has 0 aromatic heterocycles. The maximum Gasteiger partial charge on any atom is 0.0211 e. The summed E-state index contributed by atoms with van der Waals surface area (Å²) in [5.41, 5.74) is 6.91. The molecule has 0 aliphatic heterocycles. The average Bonchev–Trinajstić information content (AvgIpc) is 2.45. The Morgan fingerprint density at radius 2 is 1.62 bits per heavy atom. The minimum absolute atomic E-state index is 0.206. The van der Waals surface area contributed by atoms with Crippen molar-refractivity contribution in [1.29, 1.82) is 0 Å². The molecule has 1 heteroatoms. The predicted molar refractivity (Wildman–Crippen MR) is 92.7 cm³/mol. The van der Waals surface area contributed by atoms with Crippen LogP contribution in [0.5, 0.6) is 0 Å². The summed E-state index contributed by atoms with van der Waals surface area (Å²) < 4.78 is 0. The fraction of sp³-hybridized carbons (Fsp3) is 0.400. The molecule has 21 heavy (non-hydrogen) atoms. The molecular formula is C20H27N. The number of hydrogen-bond acceptors (Lipinski definition) is 1. The summed E-state index contributed by atoms with van der Waals surface area (Å²) in [6, 6.07) is 15.8. The van der Waals surface area contributed by atoms with E-state index in [2.05, 4.69) is 82.4 Å². The first kappa shape index (κ1) is 15.8. The van der Waals surface area contributed by atoms with E-state index in [1.807, 2.05) is 0 Å². The van der Waals surface area contributed by atoms with E-state index in [1.165, 1.54) is 27.8 Å². The quantitative estimate of drug-likeness (QED) is 0.825. The van der Waals surface area contributed by atoms with Gasteiger partial charge in [0, 0.05) is 6.54 Å². The molecule has 0 saturated carbocycles. The molecular weight excluding hydrogens is 254 g/mol. The Bertz CT molecular complexity index is 588. The lowest BCUT2D eigenvalue weighted by atomic mass is 9.86. The SMILES string of the molecule is CCNCc1ccc(C)cc1-c1ccc(C(C)(C)C)cc1. The van der Waals surface area contributed by atoms with Gasteiger partial charge >= 0.3 is 0 Å². The lowest BCUT2D eigenvalue weighted by Crippen LogP contribution is -2.13. The van der Waals surface area contributed by atoms with Crippen molar-refractivity contribution in [2.24, 2.45) is 0 Å². The molecule has 0 fully saturated rings. The summed E-state index contributed by atoms with van der Waals surface area (Å²) in [5, 5.41) is 3.43. The van der Waals surface area contributed by atoms with E-state index in [0.717, 1.165) is 13.1 Å². The van der Waals surface area contributed by atoms with Crippen LogP contribution in [-0.4, -0.2) is 6.54 Å². The van der Waals surface area contributed by atoms with Crippen molar-refractivity contribution in [3.63, 3.8) is 0 Å². The van der Waals surface area contributed by atoms with Crippen LogP contribution in [0.25, 0.3) is 11.1 Å². The highest BCUT2D eigenvalue weighted by molar-refractivity contribution is 5.68. The van der Waals surface area contributed by atoms with Crippen molar-refractivity contribution < 1.29 is 0 Å². The Kier molecular flexibility index (Phi) is 4.84. The first-order valence-electron chi connectivity index (χ1n) is 7.83. The van der Waals surface area contributed by atoms with Gasteiger partial charge in [-0.1, -0.05) is 75.7 Å². The topological polar surface area (TPSA) is 12.0 Å². The fourth-order valence-electron chi connectivity index (χ4n) is 2.52. The number of nitrogens with one attached hydrogen (secondary N) is 1. The van der Waals surface area contributed by atoms with Gasteiger partial charge in [0.25, 0.3) is 0 Å². The molecule has 1 N–H and O–H groups in total. The van der Waals surface area contributed by atoms with Gasteiger partial charge in [-0.3, -0.25) is 0 Å². The van der Waals surface area contributed by atoms with Gasteiger partial charge in [0.2, 0.25) is 0 Å². The zero-order valence-electron chi connectivity index (χ0n) is 14.0. The Morgan fingerprint density at radius 3 is 2.19 bits per heavy atom. The van der Waals surface area contributed by atoms with Crippen LogP contribution in [0.4, 0.5) is 0 Å². The van der Waals surface area contributed by atoms with Crippen molar-refractivity contribution in [1.82, 2.24) is 5.32 Å². The number of aryl methyl sites for hydroxylation is 1. The molecule has 2 aromatic carbocycles. The summed E-state index contributed by atoms with van der Waals surface area (Å²) in [7, 11) is 0. The number of rotatable bonds is 4. The van der Waals surface area contributed by atoms with E-state index in [9.17, 15) is 0 Å². The van der Waals surface area contributed by atoms with Crippen LogP contribution in [0.15, 0.2) is 42.5 Å². The monoisotopic (exact) mass is 281 g/mol. The third-order valence-corrected chi connectivity index (χ3v) is 3.89. The van der Waals surface area contributed by atoms with Crippen LogP contribution in [0, 0.1) is 6.92 Å². The largest absolute Gasteiger partial charge is 0.313 e. The molecule has 2 rings (SSSR count). The average molecular weight is 281 g/mol. The molecule has 0 saturated heterocycles. The summed E-state index contributed by atoms with van der Waals surface area (Å²) in [5.74, 6) is 0. The van der Waals surface area contributed by atoms with Crippen LogP contribution >= 0.6 is 0 Å². The van der Waals surface area contributed by atoms with Crippen LogP contribution < -0.4 is 5.32 Å². The normalized spacial score (nSPS) is 11.7. The molecule has 0 bridgehead atoms. The van der Waals surface area contributed by atoms with Crippen LogP contribution in [0.2, 0.25) is 0 Å². The van der Waals surface area contributed by atoms with Crippen molar-refractivity contribution in [2.45, 2.75) is 46.6 Å². The molecule has 0 heterocycles. The first-order chi connectivity index (χ1) is 9.91. The lowest BCUT2D eigenvalue weighted by molar-refractivity contribution is 0.590. The number of hydrogen-bond donors (Lipinski definition) is 1. The second-order valence-corrected chi connectivity index (χ2v) is 6.77. The highest BCUT2D eigenvalue weighted by Crippen LogP contribution is 2.28. The van der Waals surface area contributed by atoms with E-state index in [1.54, 1.807) is 0 Å². The third-order valence-electron chi connectivity index (χ3n) is 3.89. The second-order valence-electron chi connectivity index (χ2n) is 6.77. The molecule has 0 atom stereocenters. The van der Waals surface area contributed by atoms with Crippen molar-refractivity contribution in [2.75, 3.05) is 6.54 Å². The maximum absolute atomic E-state index is 3.43. The Labute approximate surface area is 129 Å². The number of benzene rings is 2. The molecule has 1 nitrogen and oxygen atoms in total. The molecule has 112 valence electrons. The van der Waals surface area contributed by atoms with Crippen LogP contribution in [0.1, 0.15) is 44.4 Å². The van der Waals surface area contributed by atoms with Gasteiger partial charge in [0.1, 0.15) is 0 Å². The molecule has 0 aliphatic rings. The van der Waals surface area contributed by atoms with E-state index in [-0.39, 0.29) is 5.41 Å². The summed E-state index contributed by atoms with van der Waals surface area (Å²) in [6.45, 7) is 13.0. The first-order valence-corrected chi connectivity index (χ1v) is 7.83. The zero-order valence-corrected chi connectivity index (χ0v) is 14.0. The molecule has 0 amide bonds. The van der Waals surface area contributed by atoms with Crippen LogP contribution in [-0.2, 0) is 12.0 Å². The van der Waals surface area contributed by atoms with Gasteiger partial charge in [-0.25, -0.2) is 0 Å². The Balaban J connectivity index is 2.38. The van der Waals surface area contributed by atoms with Gasteiger partial charge in [0.05, 0.1) is 0 Å². The van der Waals surface area contributed by atoms with E-state index < -0.39 is 0 Å². The van der Waals surface area contributed by atoms with E-state index in [0.29, 0.717) is 0 Å². The molecule has 2 aromatic rings. The minimum Gasteiger partial charge on any atom is -0.313 e. The van der Waals surface area contributed by atoms with Crippen molar-refractivity contribution >= 4 is 0 Å². The fourth-order valence-corrected chi connectivity index (χ4v) is 2.52. The minimum atomic E-state index is 0.206. The van der Waals surface area contributed by atoms with Crippen molar-refractivity contribution in [3.05, 3.63) is 59.2 Å². The highest BCUT2D eigenvalue weighted by atomic mass is 14.8. The van der Waals surface area contributed by atoms with E-state index in [4.69, 9.17) is 0 Å². The zero-order chi connectivity index (χ0) is 15.5. The smallest absolute Gasteiger partial charge is 0.0211 e. The van der Waals surface area contributed by atoms with Crippen molar-refractivity contribution in [3.8, 4) is 11.1 Å². The molecule has 0 unspecified atom stereocenters. The van der Waals surface area contributed by atoms with Gasteiger partial charge < -0.3 is 5.32 Å². The predicted octanol–water partition coefficient (Wildman–Crippen LogP) is 5.07. The summed E-state index contributed by atoms with van der Waals surface area (Å²) in [6.07, 6.45) is 0. The van der Waals surface area contributed by atoms with Gasteiger partial charge in [-0.15, -0.1) is 0 Å². The Morgan fingerprint density at radius 1 is 0.952 bits per heavy atom. The molecule has 0 aliphatic carbocycles. The summed E-state index contributed by atoms with van der Waals surface area (Å²) in [4.78, 5) is 0. The standard InChI is InChI=1S/C20H27N/c1-6-21-14-17-8-7-15(2)13-19(17)16-9-11-18(12-10-16)20(3,4)5/h7-13,21H,6,14H2,1-5H3. The summed E-state index contributed by atoms with van der Waals surface area (Å²) >= 11 is 0. The second kappa shape index (κ2) is 6.44. The maximum atomic E-state index is 3.43.